The lowest BCUT2D eigenvalue weighted by molar-refractivity contribution is 0.189. The van der Waals surface area contributed by atoms with Gasteiger partial charge in [0.05, 0.1) is 15.9 Å². The number of nitrogens with one attached hydrogen (secondary N) is 2. The van der Waals surface area contributed by atoms with Gasteiger partial charge in [0, 0.05) is 55.9 Å². The highest BCUT2D eigenvalue weighted by Crippen LogP contribution is 2.38. The molecule has 0 bridgehead atoms. The van der Waals surface area contributed by atoms with Gasteiger partial charge in [0.2, 0.25) is 0 Å². The van der Waals surface area contributed by atoms with Gasteiger partial charge < -0.3 is 10.4 Å². The van der Waals surface area contributed by atoms with Crippen LogP contribution in [0.4, 0.5) is 14.3 Å². The van der Waals surface area contributed by atoms with E-state index in [1.54, 1.807) is 25.5 Å². The zero-order valence-electron chi connectivity index (χ0n) is 20.6. The summed E-state index contributed by atoms with van der Waals surface area (Å²) in [6.45, 7) is 5.81. The van der Waals surface area contributed by atoms with Crippen molar-refractivity contribution in [3.63, 3.8) is 0 Å². The number of thiazole rings is 1. The van der Waals surface area contributed by atoms with E-state index in [1.165, 1.54) is 11.3 Å². The molecule has 0 saturated carbocycles. The van der Waals surface area contributed by atoms with Crippen molar-refractivity contribution in [2.24, 2.45) is 0 Å². The van der Waals surface area contributed by atoms with Gasteiger partial charge in [-0.05, 0) is 55.7 Å². The van der Waals surface area contributed by atoms with E-state index >= 15 is 0 Å². The Morgan fingerprint density at radius 2 is 2.05 bits per heavy atom. The van der Waals surface area contributed by atoms with Crippen molar-refractivity contribution in [3.05, 3.63) is 54.2 Å². The summed E-state index contributed by atoms with van der Waals surface area (Å²) < 4.78 is 14.6. The van der Waals surface area contributed by atoms with Gasteiger partial charge in [0.1, 0.15) is 12.3 Å². The summed E-state index contributed by atoms with van der Waals surface area (Å²) in [5.74, 6) is 0.346. The Morgan fingerprint density at radius 1 is 1.24 bits per heavy atom. The molecule has 1 unspecified atom stereocenters. The van der Waals surface area contributed by atoms with Crippen LogP contribution in [0.15, 0.2) is 42.9 Å². The molecule has 0 radical (unpaired) electrons. The van der Waals surface area contributed by atoms with Gasteiger partial charge >= 0.3 is 6.03 Å². The molecule has 4 heterocycles. The highest BCUT2D eigenvalue weighted by molar-refractivity contribution is 7.22. The van der Waals surface area contributed by atoms with Gasteiger partial charge in [-0.2, -0.15) is 0 Å². The van der Waals surface area contributed by atoms with Crippen LogP contribution in [-0.2, 0) is 6.54 Å². The van der Waals surface area contributed by atoms with Crippen molar-refractivity contribution in [3.8, 4) is 22.4 Å². The molecule has 1 aliphatic heterocycles. The number of likely N-dealkylation sites (tertiary alicyclic amines) is 1. The van der Waals surface area contributed by atoms with Crippen LogP contribution in [0.25, 0.3) is 32.6 Å². The first-order valence-corrected chi connectivity index (χ1v) is 13.0. The number of carbonyl (C=O) groups excluding carboxylic acids is 1. The topological polar surface area (TPSA) is 116 Å². The van der Waals surface area contributed by atoms with Crippen molar-refractivity contribution >= 4 is 32.7 Å². The van der Waals surface area contributed by atoms with Crippen LogP contribution in [0.1, 0.15) is 37.8 Å². The standard InChI is InChI=1S/C26H28FN7O2S/c1-3-28-25(36)33-26-32-22-10-17(18-11-30-24(15(2)35)31-12-18)9-20(23(22)37-26)21-8-16(4-6-29-21)13-34-7-5-19(27)14-34/h4,6,8-12,15,19,35H,3,5,7,13-14H2,1-2H3,(H2,28,32,33,36)/t15?,19-/m0/s1. The fraction of sp³-hybridized carbons (Fsp3) is 0.346. The summed E-state index contributed by atoms with van der Waals surface area (Å²) in [4.78, 5) is 32.1. The normalized spacial score (nSPS) is 16.7. The monoisotopic (exact) mass is 521 g/mol. The number of nitrogens with zero attached hydrogens (tertiary/aromatic N) is 5. The molecule has 37 heavy (non-hydrogen) atoms. The number of benzene rings is 1. The van der Waals surface area contributed by atoms with Crippen LogP contribution in [0.5, 0.6) is 0 Å². The lowest BCUT2D eigenvalue weighted by Crippen LogP contribution is -2.28. The maximum Gasteiger partial charge on any atom is 0.321 e. The van der Waals surface area contributed by atoms with Crippen molar-refractivity contribution in [2.75, 3.05) is 25.0 Å². The van der Waals surface area contributed by atoms with Crippen molar-refractivity contribution < 1.29 is 14.3 Å². The Kier molecular flexibility index (Phi) is 7.36. The summed E-state index contributed by atoms with van der Waals surface area (Å²) in [6, 6.07) is 7.59. The lowest BCUT2D eigenvalue weighted by atomic mass is 10.0. The smallest absolute Gasteiger partial charge is 0.321 e. The molecule has 1 fully saturated rings. The predicted molar refractivity (Wildman–Crippen MR) is 142 cm³/mol. The predicted octanol–water partition coefficient (Wildman–Crippen LogP) is 4.55. The first kappa shape index (κ1) is 25.1. The van der Waals surface area contributed by atoms with Crippen molar-refractivity contribution in [1.29, 1.82) is 0 Å². The molecular formula is C26H28FN7O2S. The largest absolute Gasteiger partial charge is 0.385 e. The molecule has 5 rings (SSSR count). The molecule has 2 atom stereocenters. The average Bonchev–Trinajstić information content (AvgIpc) is 3.48. The molecule has 4 aromatic rings. The van der Waals surface area contributed by atoms with Gasteiger partial charge in [-0.25, -0.2) is 24.1 Å². The van der Waals surface area contributed by atoms with E-state index in [0.29, 0.717) is 42.5 Å². The molecule has 192 valence electrons. The minimum Gasteiger partial charge on any atom is -0.385 e. The minimum atomic E-state index is -0.770. The van der Waals surface area contributed by atoms with Gasteiger partial charge in [0.25, 0.3) is 0 Å². The highest BCUT2D eigenvalue weighted by Gasteiger charge is 2.22. The van der Waals surface area contributed by atoms with E-state index in [9.17, 15) is 14.3 Å². The molecule has 2 amide bonds. The number of hydrogen-bond acceptors (Lipinski definition) is 8. The Hall–Kier alpha value is -3.54. The summed E-state index contributed by atoms with van der Waals surface area (Å²) in [5.41, 5.74) is 4.97. The van der Waals surface area contributed by atoms with Crippen LogP contribution >= 0.6 is 11.3 Å². The van der Waals surface area contributed by atoms with E-state index in [0.717, 1.165) is 39.2 Å². The lowest BCUT2D eigenvalue weighted by Gasteiger charge is -2.15. The number of alkyl halides is 1. The van der Waals surface area contributed by atoms with E-state index in [4.69, 9.17) is 0 Å². The number of anilines is 1. The van der Waals surface area contributed by atoms with Crippen LogP contribution in [-0.4, -0.2) is 61.8 Å². The Morgan fingerprint density at radius 3 is 2.76 bits per heavy atom. The summed E-state index contributed by atoms with van der Waals surface area (Å²) in [5, 5.41) is 15.8. The number of hydrogen-bond donors (Lipinski definition) is 3. The van der Waals surface area contributed by atoms with Gasteiger partial charge in [-0.1, -0.05) is 11.3 Å². The zero-order chi connectivity index (χ0) is 25.9. The molecular weight excluding hydrogens is 493 g/mol. The maximum atomic E-state index is 13.7. The van der Waals surface area contributed by atoms with Crippen LogP contribution in [0, 0.1) is 0 Å². The minimum absolute atomic E-state index is 0.317. The fourth-order valence-electron chi connectivity index (χ4n) is 4.35. The van der Waals surface area contributed by atoms with Crippen molar-refractivity contribution in [1.82, 2.24) is 30.2 Å². The second kappa shape index (κ2) is 10.8. The summed E-state index contributed by atoms with van der Waals surface area (Å²) >= 11 is 1.37. The molecule has 0 spiro atoms. The third-order valence-electron chi connectivity index (χ3n) is 6.15. The quantitative estimate of drug-likeness (QED) is 0.327. The van der Waals surface area contributed by atoms with Crippen molar-refractivity contribution in [2.45, 2.75) is 39.1 Å². The Bertz CT molecular complexity index is 1410. The molecule has 9 nitrogen and oxygen atoms in total. The van der Waals surface area contributed by atoms with E-state index in [2.05, 4.69) is 35.5 Å². The molecule has 3 N–H and O–H groups in total. The van der Waals surface area contributed by atoms with Crippen LogP contribution < -0.4 is 10.6 Å². The molecule has 3 aromatic heterocycles. The van der Waals surface area contributed by atoms with Crippen LogP contribution in [0.3, 0.4) is 0 Å². The second-order valence-corrected chi connectivity index (χ2v) is 10.1. The number of aromatic nitrogens is 4. The van der Waals surface area contributed by atoms with E-state index in [1.807, 2.05) is 31.2 Å². The van der Waals surface area contributed by atoms with Gasteiger partial charge in [-0.15, -0.1) is 0 Å². The van der Waals surface area contributed by atoms with Gasteiger partial charge in [-0.3, -0.25) is 15.2 Å². The van der Waals surface area contributed by atoms with Crippen LogP contribution in [0.2, 0.25) is 0 Å². The third-order valence-corrected chi connectivity index (χ3v) is 7.17. The molecule has 1 aliphatic rings. The number of aliphatic hydroxyl groups excluding tert-OH is 1. The molecule has 0 aliphatic carbocycles. The summed E-state index contributed by atoms with van der Waals surface area (Å²) in [6.07, 6.45) is 4.15. The number of pyridine rings is 1. The number of rotatable bonds is 7. The first-order chi connectivity index (χ1) is 17.9. The number of amides is 2. The van der Waals surface area contributed by atoms with E-state index < -0.39 is 12.3 Å². The number of aliphatic hydroxyl groups is 1. The summed E-state index contributed by atoms with van der Waals surface area (Å²) in [7, 11) is 0. The number of halogens is 1. The fourth-order valence-corrected chi connectivity index (χ4v) is 5.32. The molecule has 1 saturated heterocycles. The zero-order valence-corrected chi connectivity index (χ0v) is 21.4. The molecule has 1 aromatic carbocycles. The van der Waals surface area contributed by atoms with E-state index in [-0.39, 0.29) is 6.03 Å². The first-order valence-electron chi connectivity index (χ1n) is 12.2. The average molecular weight is 522 g/mol. The SMILES string of the molecule is CCNC(=O)Nc1nc2cc(-c3cnc(C(C)O)nc3)cc(-c3cc(CN4CC[C@H](F)C4)ccn3)c2s1. The molecule has 11 heteroatoms. The maximum absolute atomic E-state index is 13.7. The number of fused-ring (bicyclic) bond motifs is 1. The number of urea groups is 1. The highest BCUT2D eigenvalue weighted by atomic mass is 32.1. The Labute approximate surface area is 217 Å². The Balaban J connectivity index is 1.56. The van der Waals surface area contributed by atoms with Gasteiger partial charge in [0.15, 0.2) is 11.0 Å². The second-order valence-electron chi connectivity index (χ2n) is 9.05. The number of carbonyl (C=O) groups is 1. The third kappa shape index (κ3) is 5.74.